The van der Waals surface area contributed by atoms with Crippen LogP contribution < -0.4 is 24.8 Å². The average Bonchev–Trinajstić information content (AvgIpc) is 2.86. The molecule has 0 atom stereocenters. The fourth-order valence-corrected chi connectivity index (χ4v) is 3.89. The second kappa shape index (κ2) is 11.2. The Hall–Kier alpha value is -3.95. The van der Waals surface area contributed by atoms with Gasteiger partial charge in [0.05, 0.1) is 31.2 Å². The van der Waals surface area contributed by atoms with Crippen molar-refractivity contribution in [3.63, 3.8) is 0 Å². The van der Waals surface area contributed by atoms with E-state index in [1.54, 1.807) is 68.9 Å². The van der Waals surface area contributed by atoms with Gasteiger partial charge < -0.3 is 24.8 Å². The van der Waals surface area contributed by atoms with E-state index in [-0.39, 0.29) is 23.3 Å². The van der Waals surface area contributed by atoms with Crippen molar-refractivity contribution in [2.24, 2.45) is 0 Å². The highest BCUT2D eigenvalue weighted by Crippen LogP contribution is 2.38. The van der Waals surface area contributed by atoms with Crippen LogP contribution in [-0.2, 0) is 11.2 Å². The Kier molecular flexibility index (Phi) is 7.82. The summed E-state index contributed by atoms with van der Waals surface area (Å²) in [6.07, 6.45) is 1.69. The fraction of sp³-hybridized carbons (Fsp3) is 0.115. The molecule has 0 bridgehead atoms. The maximum absolute atomic E-state index is 13.0. The summed E-state index contributed by atoms with van der Waals surface area (Å²) < 4.78 is 29.8. The van der Waals surface area contributed by atoms with E-state index in [4.69, 9.17) is 38.0 Å². The van der Waals surface area contributed by atoms with E-state index in [9.17, 15) is 9.18 Å². The van der Waals surface area contributed by atoms with Crippen LogP contribution in [0, 0.1) is 5.82 Å². The van der Waals surface area contributed by atoms with Gasteiger partial charge in [-0.25, -0.2) is 4.39 Å². The smallest absolute Gasteiger partial charge is 0.230 e. The Labute approximate surface area is 217 Å². The third-order valence-electron chi connectivity index (χ3n) is 5.15. The lowest BCUT2D eigenvalue weighted by Crippen LogP contribution is -2.35. The average molecular weight is 526 g/mol. The van der Waals surface area contributed by atoms with Crippen molar-refractivity contribution in [2.45, 2.75) is 6.42 Å². The number of benzene rings is 3. The molecule has 1 heterocycles. The summed E-state index contributed by atoms with van der Waals surface area (Å²) >= 11 is 11.7. The van der Waals surface area contributed by atoms with E-state index in [0.29, 0.717) is 44.8 Å². The molecule has 0 aliphatic rings. The van der Waals surface area contributed by atoms with Crippen molar-refractivity contribution >= 4 is 51.4 Å². The van der Waals surface area contributed by atoms with Crippen LogP contribution in [0.3, 0.4) is 0 Å². The van der Waals surface area contributed by atoms with Gasteiger partial charge in [-0.15, -0.1) is 0 Å². The third kappa shape index (κ3) is 5.99. The molecule has 0 fully saturated rings. The minimum Gasteiger partial charge on any atom is -0.493 e. The summed E-state index contributed by atoms with van der Waals surface area (Å²) in [6, 6.07) is 16.0. The van der Waals surface area contributed by atoms with E-state index >= 15 is 0 Å². The number of ether oxygens (including phenoxy) is 3. The van der Waals surface area contributed by atoms with Gasteiger partial charge in [0.15, 0.2) is 16.6 Å². The molecule has 0 aliphatic carbocycles. The zero-order chi connectivity index (χ0) is 25.7. The van der Waals surface area contributed by atoms with Crippen molar-refractivity contribution < 1.29 is 23.4 Å². The minimum absolute atomic E-state index is 0.0617. The van der Waals surface area contributed by atoms with Crippen molar-refractivity contribution in [1.82, 2.24) is 10.3 Å². The molecule has 0 unspecified atom stereocenters. The highest BCUT2D eigenvalue weighted by molar-refractivity contribution is 7.80. The molecule has 2 N–H and O–H groups in total. The molecule has 7 nitrogen and oxygen atoms in total. The van der Waals surface area contributed by atoms with Crippen LogP contribution in [0.5, 0.6) is 23.0 Å². The summed E-state index contributed by atoms with van der Waals surface area (Å²) in [6.45, 7) is 0. The lowest BCUT2D eigenvalue weighted by atomic mass is 10.1. The van der Waals surface area contributed by atoms with Gasteiger partial charge >= 0.3 is 0 Å². The van der Waals surface area contributed by atoms with Crippen molar-refractivity contribution in [3.05, 3.63) is 83.3 Å². The Morgan fingerprint density at radius 3 is 2.39 bits per heavy atom. The predicted molar refractivity (Wildman–Crippen MR) is 141 cm³/mol. The van der Waals surface area contributed by atoms with E-state index in [1.807, 2.05) is 0 Å². The number of methoxy groups -OCH3 is 2. The summed E-state index contributed by atoms with van der Waals surface area (Å²) in [5.41, 5.74) is 1.90. The molecule has 0 radical (unpaired) electrons. The number of nitrogens with zero attached hydrogens (tertiary/aromatic N) is 1. The van der Waals surface area contributed by atoms with Gasteiger partial charge in [-0.1, -0.05) is 23.7 Å². The number of nitrogens with one attached hydrogen (secondary N) is 2. The van der Waals surface area contributed by atoms with Crippen LogP contribution in [-0.4, -0.2) is 30.2 Å². The molecule has 1 amide bonds. The van der Waals surface area contributed by atoms with Gasteiger partial charge in [0.25, 0.3) is 0 Å². The SMILES string of the molecule is COc1cc2nccc(Oc3ccc(NC(=S)NC(=O)Cc4ccc(F)cc4)cc3Cl)c2cc1OC. The molecule has 4 rings (SSSR count). The first-order valence-electron chi connectivity index (χ1n) is 10.7. The van der Waals surface area contributed by atoms with Crippen LogP contribution >= 0.6 is 23.8 Å². The molecular weight excluding hydrogens is 505 g/mol. The van der Waals surface area contributed by atoms with Crippen molar-refractivity contribution in [2.75, 3.05) is 19.5 Å². The van der Waals surface area contributed by atoms with Gasteiger partial charge in [0, 0.05) is 23.3 Å². The Balaban J connectivity index is 1.44. The maximum atomic E-state index is 13.0. The van der Waals surface area contributed by atoms with Gasteiger partial charge in [0.2, 0.25) is 5.91 Å². The van der Waals surface area contributed by atoms with E-state index < -0.39 is 0 Å². The van der Waals surface area contributed by atoms with Crippen molar-refractivity contribution in [1.29, 1.82) is 0 Å². The number of hydrogen-bond donors (Lipinski definition) is 2. The second-order valence-electron chi connectivity index (χ2n) is 7.59. The molecule has 184 valence electrons. The summed E-state index contributed by atoms with van der Waals surface area (Å²) in [5, 5.41) is 6.66. The number of rotatable bonds is 7. The Morgan fingerprint density at radius 2 is 1.69 bits per heavy atom. The van der Waals surface area contributed by atoms with Crippen LogP contribution in [0.2, 0.25) is 5.02 Å². The first-order valence-corrected chi connectivity index (χ1v) is 11.5. The lowest BCUT2D eigenvalue weighted by molar-refractivity contribution is -0.119. The number of hydrogen-bond acceptors (Lipinski definition) is 6. The monoisotopic (exact) mass is 525 g/mol. The van der Waals surface area contributed by atoms with Crippen LogP contribution in [0.25, 0.3) is 10.9 Å². The second-order valence-corrected chi connectivity index (χ2v) is 8.40. The molecule has 0 spiro atoms. The van der Waals surface area contributed by atoms with Crippen LogP contribution in [0.4, 0.5) is 10.1 Å². The Bertz CT molecular complexity index is 1430. The van der Waals surface area contributed by atoms with Gasteiger partial charge in [-0.3, -0.25) is 9.78 Å². The maximum Gasteiger partial charge on any atom is 0.230 e. The van der Waals surface area contributed by atoms with E-state index in [2.05, 4.69) is 15.6 Å². The quantitative estimate of drug-likeness (QED) is 0.291. The largest absolute Gasteiger partial charge is 0.493 e. The summed E-state index contributed by atoms with van der Waals surface area (Å²) in [5.74, 6) is 1.36. The molecule has 3 aromatic carbocycles. The van der Waals surface area contributed by atoms with Gasteiger partial charge in [0.1, 0.15) is 17.3 Å². The molecule has 4 aromatic rings. The topological polar surface area (TPSA) is 81.7 Å². The number of thiocarbonyl (C=S) groups is 1. The van der Waals surface area contributed by atoms with Gasteiger partial charge in [-0.05, 0) is 60.2 Å². The summed E-state index contributed by atoms with van der Waals surface area (Å²) in [4.78, 5) is 16.6. The zero-order valence-corrected chi connectivity index (χ0v) is 20.9. The molecule has 0 saturated heterocycles. The van der Waals surface area contributed by atoms with E-state index in [0.717, 1.165) is 5.39 Å². The van der Waals surface area contributed by atoms with Gasteiger partial charge in [-0.2, -0.15) is 0 Å². The number of fused-ring (bicyclic) bond motifs is 1. The third-order valence-corrected chi connectivity index (χ3v) is 5.65. The highest BCUT2D eigenvalue weighted by atomic mass is 35.5. The first kappa shape index (κ1) is 25.2. The molecule has 10 heteroatoms. The lowest BCUT2D eigenvalue weighted by Gasteiger charge is -2.14. The number of carbonyl (C=O) groups is 1. The number of amides is 1. The number of halogens is 2. The highest BCUT2D eigenvalue weighted by Gasteiger charge is 2.13. The number of pyridine rings is 1. The van der Waals surface area contributed by atoms with E-state index in [1.165, 1.54) is 12.1 Å². The Morgan fingerprint density at radius 1 is 0.972 bits per heavy atom. The minimum atomic E-state index is -0.363. The molecule has 0 saturated carbocycles. The predicted octanol–water partition coefficient (Wildman–Crippen LogP) is 5.89. The first-order chi connectivity index (χ1) is 17.4. The standard InChI is InChI=1S/C26H21ClFN3O4S/c1-33-23-13-18-20(14-24(23)34-2)29-10-9-21(18)35-22-8-7-17(12-19(22)27)30-26(36)31-25(32)11-15-3-5-16(28)6-4-15/h3-10,12-14H,11H2,1-2H3,(H2,30,31,32,36). The summed E-state index contributed by atoms with van der Waals surface area (Å²) in [7, 11) is 3.11. The molecule has 1 aromatic heterocycles. The number of aromatic nitrogens is 1. The molecule has 0 aliphatic heterocycles. The van der Waals surface area contributed by atoms with Crippen LogP contribution in [0.15, 0.2) is 66.9 Å². The molecule has 36 heavy (non-hydrogen) atoms. The number of anilines is 1. The van der Waals surface area contributed by atoms with Crippen molar-refractivity contribution in [3.8, 4) is 23.0 Å². The number of carbonyl (C=O) groups excluding carboxylic acids is 1. The molecular formula is C26H21ClFN3O4S. The van der Waals surface area contributed by atoms with Crippen LogP contribution in [0.1, 0.15) is 5.56 Å². The zero-order valence-electron chi connectivity index (χ0n) is 19.3. The fourth-order valence-electron chi connectivity index (χ4n) is 3.44. The normalized spacial score (nSPS) is 10.6.